The number of nitrogens with one attached hydrogen (secondary N) is 1. The minimum absolute atomic E-state index is 0.412. The number of rotatable bonds is 5. The van der Waals surface area contributed by atoms with Gasteiger partial charge in [0, 0.05) is 37.1 Å². The summed E-state index contributed by atoms with van der Waals surface area (Å²) < 4.78 is 5.93. The third kappa shape index (κ3) is 2.23. The molecule has 0 radical (unpaired) electrons. The predicted molar refractivity (Wildman–Crippen MR) is 75.1 cm³/mol. The van der Waals surface area contributed by atoms with Crippen molar-refractivity contribution in [2.75, 3.05) is 33.8 Å². The zero-order chi connectivity index (χ0) is 13.7. The maximum Gasteiger partial charge on any atom is 0.0869 e. The minimum Gasteiger partial charge on any atom is -0.388 e. The fraction of sp³-hybridized carbons (Fsp3) is 1.00. The molecule has 1 spiro atoms. The monoisotopic (exact) mass is 268 g/mol. The molecule has 0 bridgehead atoms. The van der Waals surface area contributed by atoms with Crippen molar-refractivity contribution in [2.24, 2.45) is 11.3 Å². The molecule has 4 atom stereocenters. The molecular formula is C15H28N2O2. The number of likely N-dealkylation sites (N-methyl/N-ethyl adjacent to an activating group) is 1. The number of hydrogen-bond donors (Lipinski definition) is 2. The van der Waals surface area contributed by atoms with Gasteiger partial charge in [-0.25, -0.2) is 0 Å². The van der Waals surface area contributed by atoms with Gasteiger partial charge in [-0.05, 0) is 40.3 Å². The van der Waals surface area contributed by atoms with Crippen molar-refractivity contribution in [3.63, 3.8) is 0 Å². The highest BCUT2D eigenvalue weighted by Gasteiger charge is 2.66. The summed E-state index contributed by atoms with van der Waals surface area (Å²) in [6, 6.07) is 0.572. The van der Waals surface area contributed by atoms with E-state index in [2.05, 4.69) is 5.32 Å². The van der Waals surface area contributed by atoms with Gasteiger partial charge in [0.25, 0.3) is 0 Å². The maximum absolute atomic E-state index is 10.4. The van der Waals surface area contributed by atoms with Crippen molar-refractivity contribution in [3.05, 3.63) is 0 Å². The average Bonchev–Trinajstić information content (AvgIpc) is 2.59. The van der Waals surface area contributed by atoms with E-state index < -0.39 is 5.60 Å². The second-order valence-electron chi connectivity index (χ2n) is 7.42. The Hall–Kier alpha value is -0.160. The van der Waals surface area contributed by atoms with Crippen LogP contribution in [0.1, 0.15) is 32.6 Å². The lowest BCUT2D eigenvalue weighted by Gasteiger charge is -2.63. The highest BCUT2D eigenvalue weighted by molar-refractivity contribution is 5.18. The first-order valence-electron chi connectivity index (χ1n) is 7.67. The Morgan fingerprint density at radius 1 is 1.42 bits per heavy atom. The van der Waals surface area contributed by atoms with Crippen LogP contribution in [-0.4, -0.2) is 61.5 Å². The van der Waals surface area contributed by atoms with Crippen LogP contribution in [0.5, 0.6) is 0 Å². The zero-order valence-electron chi connectivity index (χ0n) is 12.5. The molecule has 4 unspecified atom stereocenters. The van der Waals surface area contributed by atoms with Crippen LogP contribution in [0, 0.1) is 11.3 Å². The first-order chi connectivity index (χ1) is 8.95. The SMILES string of the molecule is CN(C)CC(C)(O)CNC1C2CCOC2C12CCC2. The first kappa shape index (κ1) is 13.8. The van der Waals surface area contributed by atoms with Crippen LogP contribution in [0.4, 0.5) is 0 Å². The minimum atomic E-state index is -0.654. The Labute approximate surface area is 116 Å². The molecule has 110 valence electrons. The first-order valence-corrected chi connectivity index (χ1v) is 7.67. The van der Waals surface area contributed by atoms with Crippen LogP contribution in [-0.2, 0) is 4.74 Å². The molecule has 1 aliphatic heterocycles. The number of ether oxygens (including phenoxy) is 1. The lowest BCUT2D eigenvalue weighted by atomic mass is 9.46. The molecule has 2 N–H and O–H groups in total. The molecule has 3 rings (SSSR count). The van der Waals surface area contributed by atoms with Gasteiger partial charge in [-0.2, -0.15) is 0 Å². The van der Waals surface area contributed by atoms with E-state index in [9.17, 15) is 5.11 Å². The van der Waals surface area contributed by atoms with Crippen molar-refractivity contribution in [1.29, 1.82) is 0 Å². The Kier molecular flexibility index (Phi) is 3.41. The van der Waals surface area contributed by atoms with E-state index in [1.807, 2.05) is 25.9 Å². The molecule has 0 aromatic heterocycles. The topological polar surface area (TPSA) is 44.7 Å². The normalized spacial score (nSPS) is 38.7. The van der Waals surface area contributed by atoms with Gasteiger partial charge in [0.05, 0.1) is 11.7 Å². The van der Waals surface area contributed by atoms with Crippen LogP contribution in [0.25, 0.3) is 0 Å². The Morgan fingerprint density at radius 2 is 2.16 bits per heavy atom. The van der Waals surface area contributed by atoms with Gasteiger partial charge in [-0.1, -0.05) is 6.42 Å². The molecule has 4 nitrogen and oxygen atoms in total. The van der Waals surface area contributed by atoms with Gasteiger partial charge >= 0.3 is 0 Å². The number of hydrogen-bond acceptors (Lipinski definition) is 4. The highest BCUT2D eigenvalue weighted by Crippen LogP contribution is 2.62. The molecule has 0 aromatic rings. The van der Waals surface area contributed by atoms with Gasteiger partial charge in [-0.15, -0.1) is 0 Å². The molecule has 3 fully saturated rings. The molecule has 2 saturated carbocycles. The maximum atomic E-state index is 10.4. The van der Waals surface area contributed by atoms with Crippen molar-refractivity contribution in [2.45, 2.75) is 50.4 Å². The van der Waals surface area contributed by atoms with Crippen LogP contribution < -0.4 is 5.32 Å². The number of fused-ring (bicyclic) bond motifs is 2. The summed E-state index contributed by atoms with van der Waals surface area (Å²) in [4.78, 5) is 2.04. The van der Waals surface area contributed by atoms with Crippen molar-refractivity contribution in [3.8, 4) is 0 Å². The third-order valence-corrected chi connectivity index (χ3v) is 5.40. The van der Waals surface area contributed by atoms with Crippen molar-refractivity contribution < 1.29 is 9.84 Å². The van der Waals surface area contributed by atoms with Gasteiger partial charge in [0.1, 0.15) is 0 Å². The average molecular weight is 268 g/mol. The van der Waals surface area contributed by atoms with E-state index in [0.717, 1.165) is 6.61 Å². The van der Waals surface area contributed by atoms with Crippen LogP contribution in [0.15, 0.2) is 0 Å². The zero-order valence-corrected chi connectivity index (χ0v) is 12.5. The fourth-order valence-corrected chi connectivity index (χ4v) is 4.63. The number of nitrogens with zero attached hydrogens (tertiary/aromatic N) is 1. The summed E-state index contributed by atoms with van der Waals surface area (Å²) in [5.74, 6) is 0.690. The molecule has 19 heavy (non-hydrogen) atoms. The van der Waals surface area contributed by atoms with Crippen LogP contribution in [0.2, 0.25) is 0 Å². The summed E-state index contributed by atoms with van der Waals surface area (Å²) in [5.41, 5.74) is -0.242. The largest absolute Gasteiger partial charge is 0.388 e. The molecule has 4 heteroatoms. The van der Waals surface area contributed by atoms with Crippen molar-refractivity contribution in [1.82, 2.24) is 10.2 Å². The standard InChI is InChI=1S/C15H28N2O2/c1-14(18,10-17(2)3)9-16-12-11-5-8-19-13(11)15(12)6-4-7-15/h11-13,16,18H,4-10H2,1-3H3. The van der Waals surface area contributed by atoms with E-state index in [4.69, 9.17) is 4.74 Å². The van der Waals surface area contributed by atoms with E-state index in [-0.39, 0.29) is 0 Å². The molecule has 3 aliphatic rings. The smallest absolute Gasteiger partial charge is 0.0869 e. The summed E-state index contributed by atoms with van der Waals surface area (Å²) in [7, 11) is 4.01. The second-order valence-corrected chi connectivity index (χ2v) is 7.42. The lowest BCUT2D eigenvalue weighted by molar-refractivity contribution is -0.178. The highest BCUT2D eigenvalue weighted by atomic mass is 16.5. The summed E-state index contributed by atoms with van der Waals surface area (Å²) in [6.07, 6.45) is 5.67. The molecule has 2 aliphatic carbocycles. The van der Waals surface area contributed by atoms with Crippen LogP contribution >= 0.6 is 0 Å². The van der Waals surface area contributed by atoms with Gasteiger partial charge in [-0.3, -0.25) is 0 Å². The Morgan fingerprint density at radius 3 is 2.74 bits per heavy atom. The fourth-order valence-electron chi connectivity index (χ4n) is 4.63. The molecule has 1 heterocycles. The number of aliphatic hydroxyl groups is 1. The Bertz CT molecular complexity index is 339. The molecule has 0 amide bonds. The Balaban J connectivity index is 1.58. The van der Waals surface area contributed by atoms with E-state index in [1.165, 1.54) is 25.7 Å². The van der Waals surface area contributed by atoms with Gasteiger partial charge < -0.3 is 20.1 Å². The van der Waals surface area contributed by atoms with Crippen molar-refractivity contribution >= 4 is 0 Å². The van der Waals surface area contributed by atoms with Crippen LogP contribution in [0.3, 0.4) is 0 Å². The second kappa shape index (κ2) is 4.69. The van der Waals surface area contributed by atoms with E-state index >= 15 is 0 Å². The third-order valence-electron chi connectivity index (χ3n) is 5.40. The molecule has 0 aromatic carbocycles. The van der Waals surface area contributed by atoms with Gasteiger partial charge in [0.2, 0.25) is 0 Å². The lowest BCUT2D eigenvalue weighted by Crippen LogP contribution is -2.72. The molecule has 1 saturated heterocycles. The predicted octanol–water partition coefficient (Wildman–Crippen LogP) is 0.846. The van der Waals surface area contributed by atoms with Gasteiger partial charge in [0.15, 0.2) is 0 Å². The van der Waals surface area contributed by atoms with E-state index in [0.29, 0.717) is 36.6 Å². The quantitative estimate of drug-likeness (QED) is 0.776. The molecular weight excluding hydrogens is 240 g/mol. The summed E-state index contributed by atoms with van der Waals surface area (Å²) >= 11 is 0. The summed E-state index contributed by atoms with van der Waals surface area (Å²) in [6.45, 7) is 4.24. The van der Waals surface area contributed by atoms with E-state index in [1.54, 1.807) is 0 Å². The summed E-state index contributed by atoms with van der Waals surface area (Å²) in [5, 5.41) is 14.1.